The van der Waals surface area contributed by atoms with E-state index in [0.29, 0.717) is 59.0 Å². The van der Waals surface area contributed by atoms with Gasteiger partial charge in [-0.15, -0.1) is 0 Å². The molecule has 4 aromatic rings. The molecule has 0 saturated carbocycles. The lowest BCUT2D eigenvalue weighted by Gasteiger charge is -2.23. The summed E-state index contributed by atoms with van der Waals surface area (Å²) in [5.41, 5.74) is 3.11. The molecule has 0 unspecified atom stereocenters. The van der Waals surface area contributed by atoms with Crippen molar-refractivity contribution in [3.05, 3.63) is 64.1 Å². The maximum absolute atomic E-state index is 6.24. The Balaban J connectivity index is 1.80. The Morgan fingerprint density at radius 1 is 0.714 bits per heavy atom. The number of rotatable bonds is 10. The smallest absolute Gasteiger partial charge is 0.299 e. The van der Waals surface area contributed by atoms with Gasteiger partial charge in [-0.1, -0.05) is 0 Å². The van der Waals surface area contributed by atoms with Crippen molar-refractivity contribution >= 4 is 33.0 Å². The molecular formula is C26H27BrN2O6. The molecule has 1 heterocycles. The fourth-order valence-corrected chi connectivity index (χ4v) is 4.21. The zero-order chi connectivity index (χ0) is 24.9. The average Bonchev–Trinajstić information content (AvgIpc) is 3.35. The van der Waals surface area contributed by atoms with Crippen LogP contribution in [0.5, 0.6) is 28.7 Å². The van der Waals surface area contributed by atoms with Gasteiger partial charge in [0.25, 0.3) is 6.01 Å². The fraction of sp³-hybridized carbons (Fsp3) is 0.269. The molecule has 4 rings (SSSR count). The van der Waals surface area contributed by atoms with Gasteiger partial charge >= 0.3 is 0 Å². The van der Waals surface area contributed by atoms with Crippen LogP contribution in [0.15, 0.2) is 57.4 Å². The summed E-state index contributed by atoms with van der Waals surface area (Å²) in [6, 6.07) is 15.6. The number of methoxy groups -OCH3 is 5. The molecule has 0 saturated heterocycles. The molecule has 0 aliphatic rings. The van der Waals surface area contributed by atoms with E-state index < -0.39 is 0 Å². The van der Waals surface area contributed by atoms with Crippen molar-refractivity contribution < 1.29 is 28.1 Å². The van der Waals surface area contributed by atoms with E-state index >= 15 is 0 Å². The standard InChI is InChI=1S/C26H27BrN2O6/c1-30-18-8-6-16(22(12-18)33-4)14-29(15-17-7-9-19(31-2)13-23(17)34-5)26-28-24-21(32-3)11-10-20(27)25(24)35-26/h6-13H,14-15H2,1-5H3. The van der Waals surface area contributed by atoms with Crippen molar-refractivity contribution in [3.8, 4) is 28.7 Å². The Hall–Kier alpha value is -3.59. The zero-order valence-corrected chi connectivity index (χ0v) is 21.8. The molecular weight excluding hydrogens is 516 g/mol. The minimum atomic E-state index is 0.431. The van der Waals surface area contributed by atoms with E-state index in [1.54, 1.807) is 35.5 Å². The zero-order valence-electron chi connectivity index (χ0n) is 20.3. The molecule has 0 bridgehead atoms. The Kier molecular flexibility index (Phi) is 7.55. The monoisotopic (exact) mass is 542 g/mol. The van der Waals surface area contributed by atoms with Gasteiger partial charge in [0.15, 0.2) is 11.1 Å². The second-order valence-corrected chi connectivity index (χ2v) is 8.49. The average molecular weight is 543 g/mol. The summed E-state index contributed by atoms with van der Waals surface area (Å²) in [5, 5.41) is 0. The molecule has 0 radical (unpaired) electrons. The largest absolute Gasteiger partial charge is 0.497 e. The Labute approximate surface area is 212 Å². The molecule has 0 spiro atoms. The predicted molar refractivity (Wildman–Crippen MR) is 137 cm³/mol. The Bertz CT molecular complexity index is 1270. The number of ether oxygens (including phenoxy) is 5. The number of benzene rings is 3. The molecule has 35 heavy (non-hydrogen) atoms. The van der Waals surface area contributed by atoms with E-state index in [4.69, 9.17) is 33.1 Å². The van der Waals surface area contributed by atoms with Crippen LogP contribution in [0.3, 0.4) is 0 Å². The van der Waals surface area contributed by atoms with Crippen molar-refractivity contribution in [2.24, 2.45) is 0 Å². The summed E-state index contributed by atoms with van der Waals surface area (Å²) >= 11 is 3.56. The maximum atomic E-state index is 6.24. The summed E-state index contributed by atoms with van der Waals surface area (Å²) in [7, 11) is 8.13. The summed E-state index contributed by atoms with van der Waals surface area (Å²) < 4.78 is 34.5. The van der Waals surface area contributed by atoms with E-state index in [1.807, 2.05) is 53.4 Å². The highest BCUT2D eigenvalue weighted by atomic mass is 79.9. The van der Waals surface area contributed by atoms with Crippen LogP contribution in [0, 0.1) is 0 Å². The van der Waals surface area contributed by atoms with Gasteiger partial charge < -0.3 is 33.0 Å². The van der Waals surface area contributed by atoms with Crippen LogP contribution in [-0.4, -0.2) is 40.5 Å². The SMILES string of the molecule is COc1ccc(CN(Cc2ccc(OC)cc2OC)c2nc3c(OC)ccc(Br)c3o2)c(OC)c1. The molecule has 0 amide bonds. The minimum absolute atomic E-state index is 0.431. The van der Waals surface area contributed by atoms with Gasteiger partial charge in [-0.2, -0.15) is 4.98 Å². The summed E-state index contributed by atoms with van der Waals surface area (Å²) in [6.45, 7) is 0.907. The van der Waals surface area contributed by atoms with Crippen LogP contribution in [0.1, 0.15) is 11.1 Å². The van der Waals surface area contributed by atoms with Crippen LogP contribution in [-0.2, 0) is 13.1 Å². The normalized spacial score (nSPS) is 10.8. The Morgan fingerprint density at radius 3 is 1.74 bits per heavy atom. The first-order chi connectivity index (χ1) is 17.0. The maximum Gasteiger partial charge on any atom is 0.299 e. The molecule has 9 heteroatoms. The highest BCUT2D eigenvalue weighted by molar-refractivity contribution is 9.10. The van der Waals surface area contributed by atoms with Crippen LogP contribution < -0.4 is 28.6 Å². The number of fused-ring (bicyclic) bond motifs is 1. The highest BCUT2D eigenvalue weighted by Gasteiger charge is 2.22. The first kappa shape index (κ1) is 24.5. The number of aromatic nitrogens is 1. The molecule has 0 aliphatic carbocycles. The van der Waals surface area contributed by atoms with Crippen molar-refractivity contribution in [2.75, 3.05) is 40.4 Å². The third kappa shape index (κ3) is 5.09. The third-order valence-corrected chi connectivity index (χ3v) is 6.27. The molecule has 0 fully saturated rings. The summed E-state index contributed by atoms with van der Waals surface area (Å²) in [5.74, 6) is 3.45. The molecule has 0 N–H and O–H groups in total. The molecule has 1 aromatic heterocycles. The molecule has 3 aromatic carbocycles. The number of oxazole rings is 1. The lowest BCUT2D eigenvalue weighted by atomic mass is 10.1. The van der Waals surface area contributed by atoms with Gasteiger partial charge in [-0.25, -0.2) is 0 Å². The number of hydrogen-bond donors (Lipinski definition) is 0. The van der Waals surface area contributed by atoms with Crippen molar-refractivity contribution in [2.45, 2.75) is 13.1 Å². The molecule has 0 atom stereocenters. The van der Waals surface area contributed by atoms with Gasteiger partial charge in [-0.3, -0.25) is 0 Å². The van der Waals surface area contributed by atoms with Crippen LogP contribution in [0.4, 0.5) is 6.01 Å². The van der Waals surface area contributed by atoms with Crippen LogP contribution in [0.2, 0.25) is 0 Å². The van der Waals surface area contributed by atoms with E-state index in [1.165, 1.54) is 0 Å². The van der Waals surface area contributed by atoms with Crippen molar-refractivity contribution in [1.29, 1.82) is 0 Å². The second-order valence-electron chi connectivity index (χ2n) is 7.64. The van der Waals surface area contributed by atoms with E-state index in [2.05, 4.69) is 15.9 Å². The van der Waals surface area contributed by atoms with Gasteiger partial charge in [0, 0.05) is 23.3 Å². The Morgan fingerprint density at radius 2 is 1.26 bits per heavy atom. The van der Waals surface area contributed by atoms with E-state index in [9.17, 15) is 0 Å². The van der Waals surface area contributed by atoms with Crippen molar-refractivity contribution in [1.82, 2.24) is 4.98 Å². The van der Waals surface area contributed by atoms with Gasteiger partial charge in [0.2, 0.25) is 0 Å². The van der Waals surface area contributed by atoms with Gasteiger partial charge in [0.1, 0.15) is 28.7 Å². The van der Waals surface area contributed by atoms with Crippen LogP contribution >= 0.6 is 15.9 Å². The number of nitrogens with zero attached hydrogens (tertiary/aromatic N) is 2. The quantitative estimate of drug-likeness (QED) is 0.247. The van der Waals surface area contributed by atoms with Crippen molar-refractivity contribution in [3.63, 3.8) is 0 Å². The number of halogens is 1. The number of hydrogen-bond acceptors (Lipinski definition) is 8. The fourth-order valence-electron chi connectivity index (χ4n) is 3.81. The molecule has 8 nitrogen and oxygen atoms in total. The first-order valence-corrected chi connectivity index (χ1v) is 11.6. The molecule has 0 aliphatic heterocycles. The lowest BCUT2D eigenvalue weighted by Crippen LogP contribution is -2.23. The second kappa shape index (κ2) is 10.8. The van der Waals surface area contributed by atoms with E-state index in [0.717, 1.165) is 15.6 Å². The van der Waals surface area contributed by atoms with Gasteiger partial charge in [0.05, 0.1) is 53.1 Å². The van der Waals surface area contributed by atoms with Gasteiger partial charge in [-0.05, 0) is 52.3 Å². The highest BCUT2D eigenvalue weighted by Crippen LogP contribution is 2.37. The number of anilines is 1. The van der Waals surface area contributed by atoms with E-state index in [-0.39, 0.29) is 0 Å². The predicted octanol–water partition coefficient (Wildman–Crippen LogP) is 5.84. The molecule has 184 valence electrons. The first-order valence-electron chi connectivity index (χ1n) is 10.8. The topological polar surface area (TPSA) is 75.4 Å². The summed E-state index contributed by atoms with van der Waals surface area (Å²) in [4.78, 5) is 6.80. The van der Waals surface area contributed by atoms with Crippen LogP contribution in [0.25, 0.3) is 11.1 Å². The summed E-state index contributed by atoms with van der Waals surface area (Å²) in [6.07, 6.45) is 0. The lowest BCUT2D eigenvalue weighted by molar-refractivity contribution is 0.388. The minimum Gasteiger partial charge on any atom is -0.497 e. The third-order valence-electron chi connectivity index (χ3n) is 5.65.